The fourth-order valence-corrected chi connectivity index (χ4v) is 3.65. The topological polar surface area (TPSA) is 69.3 Å². The average molecular weight is 494 g/mol. The van der Waals surface area contributed by atoms with Gasteiger partial charge in [-0.25, -0.2) is 0 Å². The zero-order chi connectivity index (χ0) is 22.3. The number of halogens is 1. The van der Waals surface area contributed by atoms with Crippen LogP contribution in [-0.2, 0) is 19.6 Å². The summed E-state index contributed by atoms with van der Waals surface area (Å²) in [6, 6.07) is 19.1. The highest BCUT2D eigenvalue weighted by molar-refractivity contribution is 9.10. The minimum Gasteiger partial charge on any atom is -0.486 e. The largest absolute Gasteiger partial charge is 0.486 e. The van der Waals surface area contributed by atoms with Gasteiger partial charge in [-0.15, -0.1) is 0 Å². The molecule has 0 atom stereocenters. The maximum absolute atomic E-state index is 12.6. The predicted molar refractivity (Wildman–Crippen MR) is 127 cm³/mol. The van der Waals surface area contributed by atoms with Gasteiger partial charge in [-0.05, 0) is 69.9 Å². The van der Waals surface area contributed by atoms with Crippen molar-refractivity contribution in [1.82, 2.24) is 9.78 Å². The third-order valence-electron chi connectivity index (χ3n) is 4.86. The molecular formula is C25H24BrN3O3. The molecule has 0 aliphatic rings. The van der Waals surface area contributed by atoms with E-state index in [4.69, 9.17) is 9.15 Å². The first-order valence-electron chi connectivity index (χ1n) is 10.5. The smallest absolute Gasteiger partial charge is 0.291 e. The second kappa shape index (κ2) is 10.3. The van der Waals surface area contributed by atoms with E-state index in [9.17, 15) is 4.79 Å². The molecule has 2 heterocycles. The fourth-order valence-electron chi connectivity index (χ4n) is 3.33. The van der Waals surface area contributed by atoms with E-state index in [-0.39, 0.29) is 18.3 Å². The Balaban J connectivity index is 1.33. The molecule has 0 radical (unpaired) electrons. The molecule has 0 bridgehead atoms. The SMILES string of the molecule is CCCc1ccc(OCc2ccc(C(=O)Nc3cccc(Cn4cc(Br)cn4)c3)o2)cc1. The zero-order valence-electron chi connectivity index (χ0n) is 17.8. The van der Waals surface area contributed by atoms with Crippen molar-refractivity contribution >= 4 is 27.5 Å². The molecular weight excluding hydrogens is 470 g/mol. The van der Waals surface area contributed by atoms with Crippen molar-refractivity contribution in [3.05, 3.63) is 100 Å². The van der Waals surface area contributed by atoms with Crippen molar-refractivity contribution in [2.24, 2.45) is 0 Å². The van der Waals surface area contributed by atoms with Crippen LogP contribution >= 0.6 is 15.9 Å². The molecule has 1 N–H and O–H groups in total. The van der Waals surface area contributed by atoms with Gasteiger partial charge >= 0.3 is 0 Å². The number of furan rings is 1. The number of benzene rings is 2. The molecule has 7 heteroatoms. The molecule has 0 fully saturated rings. The third-order valence-corrected chi connectivity index (χ3v) is 5.27. The predicted octanol–water partition coefficient (Wildman–Crippen LogP) is 6.07. The van der Waals surface area contributed by atoms with Crippen LogP contribution in [0, 0.1) is 0 Å². The monoisotopic (exact) mass is 493 g/mol. The number of carbonyl (C=O) groups excluding carboxylic acids is 1. The maximum Gasteiger partial charge on any atom is 0.291 e. The van der Waals surface area contributed by atoms with Gasteiger partial charge in [-0.2, -0.15) is 5.10 Å². The lowest BCUT2D eigenvalue weighted by molar-refractivity contribution is 0.0992. The van der Waals surface area contributed by atoms with E-state index in [1.54, 1.807) is 18.3 Å². The number of hydrogen-bond donors (Lipinski definition) is 1. The van der Waals surface area contributed by atoms with Gasteiger partial charge in [0.15, 0.2) is 5.76 Å². The van der Waals surface area contributed by atoms with Crippen LogP contribution in [0.15, 0.2) is 81.9 Å². The Morgan fingerprint density at radius 2 is 1.97 bits per heavy atom. The van der Waals surface area contributed by atoms with Crippen LogP contribution in [0.5, 0.6) is 5.75 Å². The highest BCUT2D eigenvalue weighted by Gasteiger charge is 2.12. The first kappa shape index (κ1) is 21.9. The summed E-state index contributed by atoms with van der Waals surface area (Å²) in [5.41, 5.74) is 3.01. The van der Waals surface area contributed by atoms with Crippen molar-refractivity contribution in [3.63, 3.8) is 0 Å². The van der Waals surface area contributed by atoms with E-state index in [1.165, 1.54) is 5.56 Å². The first-order valence-corrected chi connectivity index (χ1v) is 11.3. The van der Waals surface area contributed by atoms with Crippen molar-refractivity contribution in [3.8, 4) is 5.75 Å². The lowest BCUT2D eigenvalue weighted by atomic mass is 10.1. The molecule has 4 rings (SSSR count). The summed E-state index contributed by atoms with van der Waals surface area (Å²) in [6.07, 6.45) is 5.81. The summed E-state index contributed by atoms with van der Waals surface area (Å²) in [6.45, 7) is 3.03. The van der Waals surface area contributed by atoms with Crippen LogP contribution in [0.25, 0.3) is 0 Å². The number of aryl methyl sites for hydroxylation is 1. The minimum absolute atomic E-state index is 0.239. The number of ether oxygens (including phenoxy) is 1. The number of aromatic nitrogens is 2. The Labute approximate surface area is 195 Å². The third kappa shape index (κ3) is 5.88. The lowest BCUT2D eigenvalue weighted by Gasteiger charge is -2.07. The molecule has 0 aliphatic carbocycles. The summed E-state index contributed by atoms with van der Waals surface area (Å²) in [7, 11) is 0. The number of hydrogen-bond acceptors (Lipinski definition) is 4. The summed E-state index contributed by atoms with van der Waals surface area (Å²) in [5, 5.41) is 7.14. The van der Waals surface area contributed by atoms with Crippen molar-refractivity contribution < 1.29 is 13.9 Å². The van der Waals surface area contributed by atoms with Crippen LogP contribution in [0.4, 0.5) is 5.69 Å². The standard InChI is InChI=1S/C25H24BrN3O3/c1-2-4-18-7-9-22(10-8-18)31-17-23-11-12-24(32-23)25(30)28-21-6-3-5-19(13-21)15-29-16-20(26)14-27-29/h3,5-14,16H,2,4,15,17H2,1H3,(H,28,30). The van der Waals surface area contributed by atoms with E-state index < -0.39 is 0 Å². The highest BCUT2D eigenvalue weighted by atomic mass is 79.9. The molecule has 0 aliphatic heterocycles. The van der Waals surface area contributed by atoms with Gasteiger partial charge in [-0.3, -0.25) is 9.48 Å². The Hall–Kier alpha value is -3.32. The molecule has 2 aromatic carbocycles. The van der Waals surface area contributed by atoms with Crippen LogP contribution < -0.4 is 10.1 Å². The molecule has 0 unspecified atom stereocenters. The molecule has 0 saturated heterocycles. The van der Waals surface area contributed by atoms with Gasteiger partial charge in [0.1, 0.15) is 18.1 Å². The van der Waals surface area contributed by atoms with E-state index in [2.05, 4.69) is 45.4 Å². The second-order valence-corrected chi connectivity index (χ2v) is 8.37. The number of nitrogens with zero attached hydrogens (tertiary/aromatic N) is 2. The fraction of sp³-hybridized carbons (Fsp3) is 0.200. The highest BCUT2D eigenvalue weighted by Crippen LogP contribution is 2.18. The van der Waals surface area contributed by atoms with E-state index in [0.29, 0.717) is 18.0 Å². The van der Waals surface area contributed by atoms with Crippen LogP contribution in [-0.4, -0.2) is 15.7 Å². The lowest BCUT2D eigenvalue weighted by Crippen LogP contribution is -2.11. The van der Waals surface area contributed by atoms with Crippen LogP contribution in [0.2, 0.25) is 0 Å². The Morgan fingerprint density at radius 3 is 2.72 bits per heavy atom. The quantitative estimate of drug-likeness (QED) is 0.307. The number of anilines is 1. The molecule has 4 aromatic rings. The number of amides is 1. The van der Waals surface area contributed by atoms with Gasteiger partial charge in [0.25, 0.3) is 5.91 Å². The Bertz CT molecular complexity index is 1180. The van der Waals surface area contributed by atoms with Gasteiger partial charge in [-0.1, -0.05) is 37.6 Å². The summed E-state index contributed by atoms with van der Waals surface area (Å²) < 4.78 is 14.2. The maximum atomic E-state index is 12.6. The van der Waals surface area contributed by atoms with E-state index >= 15 is 0 Å². The molecule has 32 heavy (non-hydrogen) atoms. The van der Waals surface area contributed by atoms with Crippen molar-refractivity contribution in [1.29, 1.82) is 0 Å². The van der Waals surface area contributed by atoms with Gasteiger partial charge in [0, 0.05) is 11.9 Å². The normalized spacial score (nSPS) is 10.8. The summed E-state index contributed by atoms with van der Waals surface area (Å²) in [4.78, 5) is 12.6. The van der Waals surface area contributed by atoms with Gasteiger partial charge in [0.2, 0.25) is 0 Å². The minimum atomic E-state index is -0.306. The number of nitrogens with one attached hydrogen (secondary N) is 1. The van der Waals surface area contributed by atoms with Crippen molar-refractivity contribution in [2.45, 2.75) is 32.9 Å². The summed E-state index contributed by atoms with van der Waals surface area (Å²) >= 11 is 3.39. The first-order chi connectivity index (χ1) is 15.6. The van der Waals surface area contributed by atoms with Gasteiger partial charge < -0.3 is 14.5 Å². The molecule has 0 spiro atoms. The van der Waals surface area contributed by atoms with E-state index in [0.717, 1.165) is 28.6 Å². The molecule has 6 nitrogen and oxygen atoms in total. The Kier molecular flexibility index (Phi) is 7.07. The van der Waals surface area contributed by atoms with Gasteiger partial charge in [0.05, 0.1) is 17.2 Å². The average Bonchev–Trinajstić information content (AvgIpc) is 3.43. The second-order valence-electron chi connectivity index (χ2n) is 7.46. The van der Waals surface area contributed by atoms with Crippen LogP contribution in [0.3, 0.4) is 0 Å². The molecule has 2 aromatic heterocycles. The van der Waals surface area contributed by atoms with E-state index in [1.807, 2.05) is 47.3 Å². The van der Waals surface area contributed by atoms with Crippen LogP contribution in [0.1, 0.15) is 40.8 Å². The molecule has 1 amide bonds. The Morgan fingerprint density at radius 1 is 1.12 bits per heavy atom. The van der Waals surface area contributed by atoms with Crippen molar-refractivity contribution in [2.75, 3.05) is 5.32 Å². The number of carbonyl (C=O) groups is 1. The molecule has 164 valence electrons. The summed E-state index contributed by atoms with van der Waals surface area (Å²) in [5.74, 6) is 1.29. The molecule has 0 saturated carbocycles. The number of rotatable bonds is 9. The zero-order valence-corrected chi connectivity index (χ0v) is 19.3.